The smallest absolute Gasteiger partial charge is 0.236 e. The molecule has 82 valence electrons. The zero-order chi connectivity index (χ0) is 11.4. The number of rotatable bonds is 3. The van der Waals surface area contributed by atoms with Crippen molar-refractivity contribution < 1.29 is 4.74 Å². The number of aromatic nitrogens is 1. The molecule has 2 rings (SSSR count). The van der Waals surface area contributed by atoms with Crippen molar-refractivity contribution in [3.8, 4) is 0 Å². The van der Waals surface area contributed by atoms with Crippen LogP contribution in [0.5, 0.6) is 0 Å². The third kappa shape index (κ3) is 1.86. The zero-order valence-corrected chi connectivity index (χ0v) is 9.05. The lowest BCUT2D eigenvalue weighted by Gasteiger charge is -2.25. The second kappa shape index (κ2) is 4.26. The van der Waals surface area contributed by atoms with Crippen LogP contribution in [-0.4, -0.2) is 10.7 Å². The van der Waals surface area contributed by atoms with Crippen molar-refractivity contribution in [2.24, 2.45) is 5.11 Å². The topological polar surface area (TPSA) is 58.3 Å². The van der Waals surface area contributed by atoms with E-state index in [-0.39, 0.29) is 0 Å². The summed E-state index contributed by atoms with van der Waals surface area (Å²) in [5, 5.41) is 3.51. The minimum absolute atomic E-state index is 0.643. The normalized spacial score (nSPS) is 23.4. The van der Waals surface area contributed by atoms with Crippen LogP contribution in [0, 0.1) is 5.53 Å². The lowest BCUT2D eigenvalue weighted by atomic mass is 10.0. The van der Waals surface area contributed by atoms with E-state index in [1.54, 1.807) is 18.7 Å². The Morgan fingerprint density at radius 1 is 1.56 bits per heavy atom. The van der Waals surface area contributed by atoms with Crippen LogP contribution in [0.3, 0.4) is 0 Å². The first-order chi connectivity index (χ1) is 7.79. The van der Waals surface area contributed by atoms with Gasteiger partial charge >= 0.3 is 0 Å². The van der Waals surface area contributed by atoms with E-state index >= 15 is 0 Å². The van der Waals surface area contributed by atoms with Crippen LogP contribution in [0.4, 0.5) is 0 Å². The van der Waals surface area contributed by atoms with Gasteiger partial charge < -0.3 is 4.74 Å². The second-order valence-electron chi connectivity index (χ2n) is 3.58. The van der Waals surface area contributed by atoms with E-state index in [4.69, 9.17) is 10.3 Å². The Hall–Kier alpha value is -1.97. The van der Waals surface area contributed by atoms with Gasteiger partial charge in [0.15, 0.2) is 0 Å². The van der Waals surface area contributed by atoms with Gasteiger partial charge in [0, 0.05) is 30.0 Å². The molecule has 0 spiro atoms. The monoisotopic (exact) mass is 215 g/mol. The van der Waals surface area contributed by atoms with Gasteiger partial charge in [-0.25, -0.2) is 5.53 Å². The predicted octanol–water partition coefficient (Wildman–Crippen LogP) is 3.15. The Bertz CT molecular complexity index is 439. The van der Waals surface area contributed by atoms with E-state index in [9.17, 15) is 0 Å². The van der Waals surface area contributed by atoms with Crippen molar-refractivity contribution in [2.45, 2.75) is 19.1 Å². The lowest BCUT2D eigenvalue weighted by Crippen LogP contribution is -2.25. The maximum atomic E-state index is 7.12. The van der Waals surface area contributed by atoms with Crippen molar-refractivity contribution in [1.82, 2.24) is 4.98 Å². The number of pyridine rings is 1. The fourth-order valence-electron chi connectivity index (χ4n) is 1.51. The highest BCUT2D eigenvalue weighted by Gasteiger charge is 2.27. The Balaban J connectivity index is 2.23. The molecule has 1 aromatic heterocycles. The third-order valence-electron chi connectivity index (χ3n) is 2.60. The van der Waals surface area contributed by atoms with E-state index in [1.807, 2.05) is 31.2 Å². The molecule has 4 heteroatoms. The fourth-order valence-corrected chi connectivity index (χ4v) is 1.51. The molecule has 16 heavy (non-hydrogen) atoms. The van der Waals surface area contributed by atoms with Crippen LogP contribution >= 0.6 is 0 Å². The molecule has 0 aromatic carbocycles. The van der Waals surface area contributed by atoms with Crippen molar-refractivity contribution in [3.05, 3.63) is 48.5 Å². The van der Waals surface area contributed by atoms with Crippen molar-refractivity contribution >= 4 is 5.57 Å². The molecule has 1 unspecified atom stereocenters. The van der Waals surface area contributed by atoms with Crippen molar-refractivity contribution in [1.29, 1.82) is 5.53 Å². The molecule has 1 aliphatic rings. The SMILES string of the molecule is CCC1(N=N)C=CC(c2cccnc2)=CO1. The maximum Gasteiger partial charge on any atom is 0.236 e. The first kappa shape index (κ1) is 10.5. The van der Waals surface area contributed by atoms with Gasteiger partial charge in [0.25, 0.3) is 0 Å². The van der Waals surface area contributed by atoms with Crippen molar-refractivity contribution in [2.75, 3.05) is 0 Å². The molecule has 0 saturated carbocycles. The van der Waals surface area contributed by atoms with E-state index < -0.39 is 5.72 Å². The molecule has 1 aliphatic heterocycles. The highest BCUT2D eigenvalue weighted by molar-refractivity contribution is 5.73. The van der Waals surface area contributed by atoms with Gasteiger partial charge in [-0.05, 0) is 18.2 Å². The van der Waals surface area contributed by atoms with Gasteiger partial charge in [-0.3, -0.25) is 4.98 Å². The van der Waals surface area contributed by atoms with Crippen molar-refractivity contribution in [3.63, 3.8) is 0 Å². The summed E-state index contributed by atoms with van der Waals surface area (Å²) >= 11 is 0. The van der Waals surface area contributed by atoms with Gasteiger partial charge in [-0.15, -0.1) is 5.11 Å². The summed E-state index contributed by atoms with van der Waals surface area (Å²) in [5.74, 6) is 0. The Morgan fingerprint density at radius 3 is 2.94 bits per heavy atom. The summed E-state index contributed by atoms with van der Waals surface area (Å²) in [7, 11) is 0. The lowest BCUT2D eigenvalue weighted by molar-refractivity contribution is 0.0613. The quantitative estimate of drug-likeness (QED) is 0.787. The van der Waals surface area contributed by atoms with E-state index in [0.717, 1.165) is 11.1 Å². The van der Waals surface area contributed by atoms with Crippen LogP contribution in [0.15, 0.2) is 48.1 Å². The summed E-state index contributed by atoms with van der Waals surface area (Å²) in [4.78, 5) is 4.05. The van der Waals surface area contributed by atoms with Crippen LogP contribution in [0.25, 0.3) is 5.57 Å². The summed E-state index contributed by atoms with van der Waals surface area (Å²) < 4.78 is 5.50. The molecule has 4 nitrogen and oxygen atoms in total. The summed E-state index contributed by atoms with van der Waals surface area (Å²) in [6.45, 7) is 1.94. The number of allylic oxidation sites excluding steroid dienone is 2. The summed E-state index contributed by atoms with van der Waals surface area (Å²) in [5.41, 5.74) is 8.25. The average Bonchev–Trinajstić information content (AvgIpc) is 2.40. The van der Waals surface area contributed by atoms with Crippen LogP contribution in [0.2, 0.25) is 0 Å². The van der Waals surface area contributed by atoms with E-state index in [1.165, 1.54) is 0 Å². The molecule has 2 heterocycles. The molecular formula is C12H13N3O. The minimum Gasteiger partial charge on any atom is -0.468 e. The van der Waals surface area contributed by atoms with E-state index in [0.29, 0.717) is 6.42 Å². The number of nitrogens with one attached hydrogen (secondary N) is 1. The standard InChI is InChI=1S/C12H13N3O/c1-2-12(15-13)6-5-11(9-16-12)10-4-3-7-14-8-10/h3-9,13H,2H2,1H3. The number of hydrogen-bond acceptors (Lipinski definition) is 4. The van der Waals surface area contributed by atoms with Gasteiger partial charge in [-0.2, -0.15) is 0 Å². The van der Waals surface area contributed by atoms with Gasteiger partial charge in [-0.1, -0.05) is 13.0 Å². The molecule has 0 fully saturated rings. The molecule has 0 bridgehead atoms. The van der Waals surface area contributed by atoms with Gasteiger partial charge in [0.2, 0.25) is 5.72 Å². The second-order valence-corrected chi connectivity index (χ2v) is 3.58. The molecule has 1 N–H and O–H groups in total. The number of nitrogens with zero attached hydrogens (tertiary/aromatic N) is 2. The summed E-state index contributed by atoms with van der Waals surface area (Å²) in [6.07, 6.45) is 9.51. The number of hydrogen-bond donors (Lipinski definition) is 1. The zero-order valence-electron chi connectivity index (χ0n) is 9.05. The third-order valence-corrected chi connectivity index (χ3v) is 2.60. The molecule has 0 radical (unpaired) electrons. The summed E-state index contributed by atoms with van der Waals surface area (Å²) in [6, 6.07) is 3.84. The highest BCUT2D eigenvalue weighted by atomic mass is 16.5. The first-order valence-electron chi connectivity index (χ1n) is 5.16. The maximum absolute atomic E-state index is 7.12. The van der Waals surface area contributed by atoms with Crippen LogP contribution < -0.4 is 0 Å². The average molecular weight is 215 g/mol. The van der Waals surface area contributed by atoms with Crippen LogP contribution in [-0.2, 0) is 4.74 Å². The number of ether oxygens (including phenoxy) is 1. The highest BCUT2D eigenvalue weighted by Crippen LogP contribution is 2.28. The Labute approximate surface area is 94.2 Å². The van der Waals surface area contributed by atoms with Crippen LogP contribution in [0.1, 0.15) is 18.9 Å². The Kier molecular flexibility index (Phi) is 2.81. The molecule has 0 saturated heterocycles. The molecule has 0 amide bonds. The van der Waals surface area contributed by atoms with E-state index in [2.05, 4.69) is 10.1 Å². The first-order valence-corrected chi connectivity index (χ1v) is 5.16. The molecular weight excluding hydrogens is 202 g/mol. The van der Waals surface area contributed by atoms with Gasteiger partial charge in [0.1, 0.15) is 0 Å². The fraction of sp³-hybridized carbons (Fsp3) is 0.250. The minimum atomic E-state index is -0.814. The Morgan fingerprint density at radius 2 is 2.44 bits per heavy atom. The molecule has 0 aliphatic carbocycles. The largest absolute Gasteiger partial charge is 0.468 e. The predicted molar refractivity (Wildman–Crippen MR) is 60.6 cm³/mol. The molecule has 1 atom stereocenters. The van der Waals surface area contributed by atoms with Gasteiger partial charge in [0.05, 0.1) is 6.26 Å². The molecule has 1 aromatic rings.